The van der Waals surface area contributed by atoms with Crippen molar-refractivity contribution in [3.8, 4) is 11.6 Å². The van der Waals surface area contributed by atoms with Crippen LogP contribution in [0.5, 0.6) is 11.6 Å². The van der Waals surface area contributed by atoms with E-state index in [1.807, 2.05) is 36.4 Å². The van der Waals surface area contributed by atoms with Crippen LogP contribution in [0.1, 0.15) is 34.5 Å². The maximum Gasteiger partial charge on any atom is 0.219 e. The van der Waals surface area contributed by atoms with Crippen molar-refractivity contribution in [1.29, 1.82) is 0 Å². The molecule has 8 nitrogen and oxygen atoms in total. The maximum absolute atomic E-state index is 13.5. The lowest BCUT2D eigenvalue weighted by molar-refractivity contribution is -0.0223. The largest absolute Gasteiger partial charge is 0.439 e. The third-order valence-corrected chi connectivity index (χ3v) is 6.02. The van der Waals surface area contributed by atoms with Crippen LogP contribution in [0.25, 0.3) is 11.0 Å². The molecule has 4 heterocycles. The molecule has 0 saturated carbocycles. The molecule has 0 unspecified atom stereocenters. The van der Waals surface area contributed by atoms with Crippen LogP contribution in [0.3, 0.4) is 0 Å². The SMILES string of the molecule is Cc1nc(Oc2ccccc2)ccc1C(=O)c1c[nH]c2nccc(N[C@@H]3CC[C@@H](CO)OC3)c12. The molecule has 4 aromatic rings. The fourth-order valence-corrected chi connectivity index (χ4v) is 4.23. The number of aromatic amines is 1. The summed E-state index contributed by atoms with van der Waals surface area (Å²) in [5, 5.41) is 13.5. The fraction of sp³-hybridized carbons (Fsp3) is 0.269. The number of ether oxygens (including phenoxy) is 2. The monoisotopic (exact) mass is 458 g/mol. The Labute approximate surface area is 197 Å². The van der Waals surface area contributed by atoms with Crippen LogP contribution in [-0.2, 0) is 4.74 Å². The fourth-order valence-electron chi connectivity index (χ4n) is 4.23. The summed E-state index contributed by atoms with van der Waals surface area (Å²) in [6.07, 6.45) is 4.94. The molecule has 1 fully saturated rings. The van der Waals surface area contributed by atoms with Gasteiger partial charge < -0.3 is 24.9 Å². The number of fused-ring (bicyclic) bond motifs is 1. The minimum atomic E-state index is -0.140. The lowest BCUT2D eigenvalue weighted by Crippen LogP contribution is -2.36. The molecule has 0 spiro atoms. The van der Waals surface area contributed by atoms with Gasteiger partial charge in [0.1, 0.15) is 11.4 Å². The number of nitrogens with zero attached hydrogens (tertiary/aromatic N) is 2. The molecule has 0 bridgehead atoms. The van der Waals surface area contributed by atoms with Crippen LogP contribution in [0.2, 0.25) is 0 Å². The van der Waals surface area contributed by atoms with E-state index in [4.69, 9.17) is 9.47 Å². The number of aryl methyl sites for hydroxylation is 1. The van der Waals surface area contributed by atoms with Crippen molar-refractivity contribution >= 4 is 22.5 Å². The molecule has 1 aromatic carbocycles. The first kappa shape index (κ1) is 22.1. The highest BCUT2D eigenvalue weighted by molar-refractivity contribution is 6.18. The lowest BCUT2D eigenvalue weighted by atomic mass is 10.0. The summed E-state index contributed by atoms with van der Waals surface area (Å²) in [5.74, 6) is 0.976. The number of aromatic nitrogens is 3. The van der Waals surface area contributed by atoms with E-state index in [-0.39, 0.29) is 24.5 Å². The minimum absolute atomic E-state index is 0.0330. The smallest absolute Gasteiger partial charge is 0.219 e. The third kappa shape index (κ3) is 4.50. The molecule has 2 atom stereocenters. The number of benzene rings is 1. The van der Waals surface area contributed by atoms with Crippen LogP contribution < -0.4 is 10.1 Å². The van der Waals surface area contributed by atoms with Gasteiger partial charge in [-0.3, -0.25) is 4.79 Å². The Bertz CT molecular complexity index is 1300. The Morgan fingerprint density at radius 2 is 2.03 bits per heavy atom. The lowest BCUT2D eigenvalue weighted by Gasteiger charge is -2.29. The van der Waals surface area contributed by atoms with Crippen LogP contribution in [-0.4, -0.2) is 51.2 Å². The number of H-pyrrole nitrogens is 1. The van der Waals surface area contributed by atoms with Gasteiger partial charge in [-0.2, -0.15) is 0 Å². The molecule has 34 heavy (non-hydrogen) atoms. The van der Waals surface area contributed by atoms with E-state index < -0.39 is 0 Å². The van der Waals surface area contributed by atoms with Crippen LogP contribution >= 0.6 is 0 Å². The number of anilines is 1. The summed E-state index contributed by atoms with van der Waals surface area (Å²) in [7, 11) is 0. The Hall–Kier alpha value is -3.75. The first-order valence-corrected chi connectivity index (χ1v) is 11.3. The van der Waals surface area contributed by atoms with E-state index in [1.165, 1.54) is 0 Å². The van der Waals surface area contributed by atoms with Gasteiger partial charge in [0.25, 0.3) is 0 Å². The number of carbonyl (C=O) groups excluding carboxylic acids is 1. The molecule has 1 aliphatic rings. The number of carbonyl (C=O) groups is 1. The van der Waals surface area contributed by atoms with Crippen molar-refractivity contribution in [2.24, 2.45) is 0 Å². The highest BCUT2D eigenvalue weighted by atomic mass is 16.5. The van der Waals surface area contributed by atoms with E-state index in [0.29, 0.717) is 40.7 Å². The van der Waals surface area contributed by atoms with Gasteiger partial charge in [0.05, 0.1) is 36.0 Å². The van der Waals surface area contributed by atoms with E-state index in [9.17, 15) is 9.90 Å². The summed E-state index contributed by atoms with van der Waals surface area (Å²) in [4.78, 5) is 25.5. The molecule has 0 radical (unpaired) electrons. The molecule has 8 heteroatoms. The van der Waals surface area contributed by atoms with E-state index in [2.05, 4.69) is 20.3 Å². The molecule has 1 aliphatic heterocycles. The molecule has 1 saturated heterocycles. The van der Waals surface area contributed by atoms with Gasteiger partial charge in [-0.05, 0) is 44.0 Å². The summed E-state index contributed by atoms with van der Waals surface area (Å²) >= 11 is 0. The van der Waals surface area contributed by atoms with E-state index in [0.717, 1.165) is 23.9 Å². The Kier molecular flexibility index (Phi) is 6.24. The van der Waals surface area contributed by atoms with Crippen molar-refractivity contribution < 1.29 is 19.4 Å². The second-order valence-corrected chi connectivity index (χ2v) is 8.37. The quantitative estimate of drug-likeness (QED) is 0.355. The molecule has 174 valence electrons. The van der Waals surface area contributed by atoms with Gasteiger partial charge in [-0.25, -0.2) is 9.97 Å². The number of para-hydroxylation sites is 1. The molecular formula is C26H26N4O4. The van der Waals surface area contributed by atoms with Crippen molar-refractivity contribution in [2.45, 2.75) is 31.9 Å². The average Bonchev–Trinajstić information content (AvgIpc) is 3.30. The van der Waals surface area contributed by atoms with Crippen LogP contribution in [0, 0.1) is 6.92 Å². The number of rotatable bonds is 7. The van der Waals surface area contributed by atoms with Crippen molar-refractivity contribution in [2.75, 3.05) is 18.5 Å². The molecular weight excluding hydrogens is 432 g/mol. The molecule has 5 rings (SSSR count). The number of aliphatic hydroxyl groups is 1. The summed E-state index contributed by atoms with van der Waals surface area (Å²) in [6, 6.07) is 14.8. The first-order valence-electron chi connectivity index (χ1n) is 11.3. The van der Waals surface area contributed by atoms with Crippen LogP contribution in [0.15, 0.2) is 60.9 Å². The second-order valence-electron chi connectivity index (χ2n) is 8.37. The van der Waals surface area contributed by atoms with E-state index >= 15 is 0 Å². The first-order chi connectivity index (χ1) is 16.6. The summed E-state index contributed by atoms with van der Waals surface area (Å²) in [6.45, 7) is 2.33. The number of nitrogens with one attached hydrogen (secondary N) is 2. The third-order valence-electron chi connectivity index (χ3n) is 6.02. The van der Waals surface area contributed by atoms with E-state index in [1.54, 1.807) is 31.5 Å². The average molecular weight is 459 g/mol. The predicted octanol–water partition coefficient (Wildman–Crippen LogP) is 4.24. The Morgan fingerprint density at radius 3 is 2.76 bits per heavy atom. The van der Waals surface area contributed by atoms with Gasteiger partial charge in [0, 0.05) is 35.8 Å². The van der Waals surface area contributed by atoms with Crippen molar-refractivity contribution in [3.05, 3.63) is 77.7 Å². The maximum atomic E-state index is 13.5. The standard InChI is InChI=1S/C26H26N4O4/c1-16-20(9-10-23(29-16)34-18-5-3-2-4-6-18)25(32)21-13-28-26-24(21)22(11-12-27-26)30-17-7-8-19(14-31)33-15-17/h2-6,9-13,17,19,31H,7-8,14-15H2,1H3,(H2,27,28,30)/t17-,19+/m1/s1. The van der Waals surface area contributed by atoms with Gasteiger partial charge in [-0.1, -0.05) is 18.2 Å². The normalized spacial score (nSPS) is 18.1. The number of hydrogen-bond acceptors (Lipinski definition) is 7. The topological polar surface area (TPSA) is 109 Å². The predicted molar refractivity (Wildman–Crippen MR) is 128 cm³/mol. The van der Waals surface area contributed by atoms with Gasteiger partial charge >= 0.3 is 0 Å². The zero-order valence-corrected chi connectivity index (χ0v) is 18.8. The van der Waals surface area contributed by atoms with Gasteiger partial charge in [0.2, 0.25) is 5.88 Å². The number of aliphatic hydroxyl groups excluding tert-OH is 1. The molecule has 3 N–H and O–H groups in total. The second kappa shape index (κ2) is 9.62. The number of hydrogen-bond donors (Lipinski definition) is 3. The highest BCUT2D eigenvalue weighted by Gasteiger charge is 2.24. The highest BCUT2D eigenvalue weighted by Crippen LogP contribution is 2.30. The van der Waals surface area contributed by atoms with Crippen molar-refractivity contribution in [3.63, 3.8) is 0 Å². The summed E-state index contributed by atoms with van der Waals surface area (Å²) in [5.41, 5.74) is 3.07. The van der Waals surface area contributed by atoms with Crippen molar-refractivity contribution in [1.82, 2.24) is 15.0 Å². The Morgan fingerprint density at radius 1 is 1.18 bits per heavy atom. The zero-order chi connectivity index (χ0) is 23.5. The minimum Gasteiger partial charge on any atom is -0.439 e. The van der Waals surface area contributed by atoms with Gasteiger partial charge in [-0.15, -0.1) is 0 Å². The molecule has 0 amide bonds. The molecule has 3 aromatic heterocycles. The van der Waals surface area contributed by atoms with Gasteiger partial charge in [0.15, 0.2) is 5.78 Å². The molecule has 0 aliphatic carbocycles. The number of pyridine rings is 2. The zero-order valence-electron chi connectivity index (χ0n) is 18.8. The Balaban J connectivity index is 1.40. The number of ketones is 1. The summed E-state index contributed by atoms with van der Waals surface area (Å²) < 4.78 is 11.5. The van der Waals surface area contributed by atoms with Crippen LogP contribution in [0.4, 0.5) is 5.69 Å².